The molecule has 0 radical (unpaired) electrons. The second-order valence-electron chi connectivity index (χ2n) is 7.54. The maximum absolute atomic E-state index is 12.2. The number of nitrogens with one attached hydrogen (secondary N) is 1. The van der Waals surface area contributed by atoms with E-state index in [2.05, 4.69) is 5.32 Å². The first-order valence-electron chi connectivity index (χ1n) is 8.64. The van der Waals surface area contributed by atoms with E-state index in [9.17, 15) is 20.1 Å². The van der Waals surface area contributed by atoms with Crippen molar-refractivity contribution in [2.24, 2.45) is 11.8 Å². The summed E-state index contributed by atoms with van der Waals surface area (Å²) in [5.74, 6) is -0.129. The van der Waals surface area contributed by atoms with Crippen molar-refractivity contribution in [2.45, 2.75) is 90.3 Å². The molecule has 0 saturated heterocycles. The molecule has 0 spiro atoms. The minimum absolute atomic E-state index is 0.171. The van der Waals surface area contributed by atoms with Crippen molar-refractivity contribution in [3.8, 4) is 0 Å². The van der Waals surface area contributed by atoms with Crippen LogP contribution in [-0.2, 0) is 4.74 Å². The third-order valence-corrected chi connectivity index (χ3v) is 4.68. The molecule has 6 nitrogen and oxygen atoms in total. The second kappa shape index (κ2) is 8.31. The van der Waals surface area contributed by atoms with Crippen LogP contribution in [0.1, 0.15) is 60.3 Å². The molecule has 6 heteroatoms. The molecule has 0 bridgehead atoms. The van der Waals surface area contributed by atoms with Crippen molar-refractivity contribution < 1.29 is 24.9 Å². The van der Waals surface area contributed by atoms with E-state index in [0.29, 0.717) is 12.8 Å². The molecule has 1 saturated carbocycles. The van der Waals surface area contributed by atoms with Gasteiger partial charge in [-0.25, -0.2) is 4.79 Å². The quantitative estimate of drug-likeness (QED) is 0.616. The van der Waals surface area contributed by atoms with E-state index in [1.807, 2.05) is 13.8 Å². The monoisotopic (exact) mass is 331 g/mol. The highest BCUT2D eigenvalue weighted by Crippen LogP contribution is 2.33. The fourth-order valence-corrected chi connectivity index (χ4v) is 3.39. The van der Waals surface area contributed by atoms with Crippen molar-refractivity contribution in [2.75, 3.05) is 0 Å². The van der Waals surface area contributed by atoms with Crippen LogP contribution in [0.25, 0.3) is 0 Å². The highest BCUT2D eigenvalue weighted by molar-refractivity contribution is 5.68. The average molecular weight is 331 g/mol. The van der Waals surface area contributed by atoms with Gasteiger partial charge in [0.25, 0.3) is 0 Å². The van der Waals surface area contributed by atoms with Gasteiger partial charge in [0.05, 0.1) is 12.2 Å². The van der Waals surface area contributed by atoms with Gasteiger partial charge in [-0.15, -0.1) is 0 Å². The molecular weight excluding hydrogens is 298 g/mol. The van der Waals surface area contributed by atoms with Gasteiger partial charge in [0.1, 0.15) is 11.7 Å². The standard InChI is InChI=1S/C17H33NO5/c1-6-10(7-2)13(18-16(22)23-17(3,4)5)11-8-9-12(19)15(21)14(11)20/h10-15,19-21H,6-9H2,1-5H3,(H,18,22)/t11-,12+,13+,14+,15+/m1/s1. The summed E-state index contributed by atoms with van der Waals surface area (Å²) in [5.41, 5.74) is -0.594. The van der Waals surface area contributed by atoms with Crippen LogP contribution in [0.2, 0.25) is 0 Å². The summed E-state index contributed by atoms with van der Waals surface area (Å²) < 4.78 is 5.34. The Labute approximate surface area is 139 Å². The van der Waals surface area contributed by atoms with E-state index in [0.717, 1.165) is 12.8 Å². The summed E-state index contributed by atoms with van der Waals surface area (Å²) in [4.78, 5) is 12.2. The Bertz CT molecular complexity index is 378. The van der Waals surface area contributed by atoms with Gasteiger partial charge in [0, 0.05) is 12.0 Å². The van der Waals surface area contributed by atoms with Gasteiger partial charge < -0.3 is 25.4 Å². The summed E-state index contributed by atoms with van der Waals surface area (Å²) >= 11 is 0. The van der Waals surface area contributed by atoms with Gasteiger partial charge in [0.15, 0.2) is 0 Å². The zero-order valence-electron chi connectivity index (χ0n) is 15.0. The van der Waals surface area contributed by atoms with E-state index in [1.54, 1.807) is 20.8 Å². The molecule has 4 N–H and O–H groups in total. The number of amides is 1. The van der Waals surface area contributed by atoms with Gasteiger partial charge in [0.2, 0.25) is 0 Å². The molecule has 23 heavy (non-hydrogen) atoms. The molecular formula is C17H33NO5. The van der Waals surface area contributed by atoms with Crippen molar-refractivity contribution in [1.82, 2.24) is 5.32 Å². The van der Waals surface area contributed by atoms with Gasteiger partial charge in [-0.2, -0.15) is 0 Å². The zero-order chi connectivity index (χ0) is 17.8. The first kappa shape index (κ1) is 20.2. The van der Waals surface area contributed by atoms with Gasteiger partial charge in [-0.3, -0.25) is 0 Å². The van der Waals surface area contributed by atoms with Crippen molar-refractivity contribution in [3.05, 3.63) is 0 Å². The maximum atomic E-state index is 12.2. The van der Waals surface area contributed by atoms with Crippen molar-refractivity contribution in [1.29, 1.82) is 0 Å². The van der Waals surface area contributed by atoms with Crippen LogP contribution in [0.4, 0.5) is 4.79 Å². The molecule has 0 heterocycles. The predicted octanol–water partition coefficient (Wildman–Crippen LogP) is 1.81. The van der Waals surface area contributed by atoms with Crippen molar-refractivity contribution in [3.63, 3.8) is 0 Å². The zero-order valence-corrected chi connectivity index (χ0v) is 15.0. The summed E-state index contributed by atoms with van der Waals surface area (Å²) in [6.07, 6.45) is -0.999. The average Bonchev–Trinajstić information content (AvgIpc) is 2.43. The largest absolute Gasteiger partial charge is 0.444 e. The molecule has 0 aromatic heterocycles. The predicted molar refractivity (Wildman–Crippen MR) is 88.0 cm³/mol. The van der Waals surface area contributed by atoms with Crippen LogP contribution in [0.5, 0.6) is 0 Å². The molecule has 1 amide bonds. The molecule has 1 fully saturated rings. The van der Waals surface area contributed by atoms with Gasteiger partial charge in [-0.1, -0.05) is 26.7 Å². The fraction of sp³-hybridized carbons (Fsp3) is 0.941. The number of alkyl carbamates (subject to hydrolysis) is 1. The van der Waals surface area contributed by atoms with E-state index in [1.165, 1.54) is 0 Å². The normalized spacial score (nSPS) is 30.1. The maximum Gasteiger partial charge on any atom is 0.407 e. The van der Waals surface area contributed by atoms with Crippen molar-refractivity contribution >= 4 is 6.09 Å². The molecule has 0 aromatic rings. The number of carbonyl (C=O) groups is 1. The van der Waals surface area contributed by atoms with Crippen LogP contribution >= 0.6 is 0 Å². The molecule has 0 unspecified atom stereocenters. The van der Waals surface area contributed by atoms with Crippen LogP contribution in [0.3, 0.4) is 0 Å². The van der Waals surface area contributed by atoms with E-state index >= 15 is 0 Å². The minimum atomic E-state index is -1.17. The molecule has 0 aliphatic heterocycles. The van der Waals surface area contributed by atoms with Crippen LogP contribution in [0, 0.1) is 11.8 Å². The van der Waals surface area contributed by atoms with Crippen LogP contribution in [0.15, 0.2) is 0 Å². The fourth-order valence-electron chi connectivity index (χ4n) is 3.39. The minimum Gasteiger partial charge on any atom is -0.444 e. The molecule has 5 atom stereocenters. The number of rotatable bonds is 5. The molecule has 1 aliphatic rings. The lowest BCUT2D eigenvalue weighted by atomic mass is 9.73. The number of aliphatic hydroxyl groups excluding tert-OH is 3. The second-order valence-corrected chi connectivity index (χ2v) is 7.54. The number of aliphatic hydroxyl groups is 3. The number of carbonyl (C=O) groups excluding carboxylic acids is 1. The molecule has 0 aromatic carbocycles. The summed E-state index contributed by atoms with van der Waals surface area (Å²) in [6.45, 7) is 9.48. The smallest absolute Gasteiger partial charge is 0.407 e. The number of hydrogen-bond donors (Lipinski definition) is 4. The molecule has 1 aliphatic carbocycles. The number of ether oxygens (including phenoxy) is 1. The number of hydrogen-bond acceptors (Lipinski definition) is 5. The van der Waals surface area contributed by atoms with Gasteiger partial charge >= 0.3 is 6.09 Å². The third kappa shape index (κ3) is 5.62. The summed E-state index contributed by atoms with van der Waals surface area (Å²) in [6, 6.07) is -0.294. The Morgan fingerprint density at radius 1 is 1.13 bits per heavy atom. The van der Waals surface area contributed by atoms with E-state index in [4.69, 9.17) is 4.74 Å². The lowest BCUT2D eigenvalue weighted by Crippen LogP contribution is -2.56. The SMILES string of the molecule is CCC(CC)[C@H](NC(=O)OC(C)(C)C)[C@H]1CC[C@H](O)[C@H](O)[C@H]1O. The molecule has 1 rings (SSSR count). The van der Waals surface area contributed by atoms with E-state index in [-0.39, 0.29) is 17.9 Å². The lowest BCUT2D eigenvalue weighted by molar-refractivity contribution is -0.120. The summed E-state index contributed by atoms with van der Waals surface area (Å²) in [7, 11) is 0. The van der Waals surface area contributed by atoms with Crippen LogP contribution in [-0.4, -0.2) is 51.4 Å². The Morgan fingerprint density at radius 2 is 1.70 bits per heavy atom. The third-order valence-electron chi connectivity index (χ3n) is 4.68. The molecule has 136 valence electrons. The first-order chi connectivity index (χ1) is 10.6. The van der Waals surface area contributed by atoms with Gasteiger partial charge in [-0.05, 0) is 39.5 Å². The Hall–Kier alpha value is -0.850. The Kier molecular flexibility index (Phi) is 7.29. The topological polar surface area (TPSA) is 99.0 Å². The summed E-state index contributed by atoms with van der Waals surface area (Å²) in [5, 5.41) is 32.9. The van der Waals surface area contributed by atoms with E-state index < -0.39 is 30.0 Å². The first-order valence-corrected chi connectivity index (χ1v) is 8.64. The highest BCUT2D eigenvalue weighted by Gasteiger charge is 2.43. The lowest BCUT2D eigenvalue weighted by Gasteiger charge is -2.42. The highest BCUT2D eigenvalue weighted by atomic mass is 16.6. The Morgan fingerprint density at radius 3 is 2.17 bits per heavy atom. The van der Waals surface area contributed by atoms with Crippen LogP contribution < -0.4 is 5.32 Å². The Balaban J connectivity index is 2.90.